The van der Waals surface area contributed by atoms with Crippen LogP contribution in [0.4, 0.5) is 4.39 Å². The van der Waals surface area contributed by atoms with Crippen molar-refractivity contribution in [3.05, 3.63) is 0 Å². The Kier molecular flexibility index (Phi) is 3.28. The van der Waals surface area contributed by atoms with Crippen LogP contribution in [-0.4, -0.2) is 48.2 Å². The topological polar surface area (TPSA) is 29.5 Å². The number of ether oxygens (including phenoxy) is 1. The number of rotatable bonds is 4. The number of carbonyl (C=O) groups excluding carboxylic acids is 1. The van der Waals surface area contributed by atoms with E-state index in [9.17, 15) is 9.18 Å². The number of hydrogen-bond acceptors (Lipinski definition) is 3. The van der Waals surface area contributed by atoms with Crippen molar-refractivity contribution < 1.29 is 13.9 Å². The van der Waals surface area contributed by atoms with Crippen molar-refractivity contribution in [3.63, 3.8) is 0 Å². The van der Waals surface area contributed by atoms with Crippen LogP contribution in [0.15, 0.2) is 0 Å². The van der Waals surface area contributed by atoms with Crippen LogP contribution in [0.5, 0.6) is 0 Å². The molecule has 0 radical (unpaired) electrons. The molecule has 0 N–H and O–H groups in total. The first-order valence-electron chi connectivity index (χ1n) is 5.28. The van der Waals surface area contributed by atoms with Gasteiger partial charge < -0.3 is 4.74 Å². The zero-order chi connectivity index (χ0) is 10.9. The molecule has 5 heteroatoms. The second kappa shape index (κ2) is 4.36. The van der Waals surface area contributed by atoms with E-state index in [0.717, 1.165) is 19.4 Å². The van der Waals surface area contributed by atoms with Gasteiger partial charge >= 0.3 is 0 Å². The standard InChI is InChI=1S/C10H15ClFNO2/c11-9(14)6-15-7-10-2-1-3-13(10)5-8(12)4-10/h8H,1-7H2/t8-,10+/m1/s1. The molecule has 0 bridgehead atoms. The molecule has 2 aliphatic rings. The monoisotopic (exact) mass is 235 g/mol. The van der Waals surface area contributed by atoms with Gasteiger partial charge in [0.05, 0.1) is 6.61 Å². The average Bonchev–Trinajstić information content (AvgIpc) is 2.59. The van der Waals surface area contributed by atoms with E-state index in [0.29, 0.717) is 19.6 Å². The first-order valence-corrected chi connectivity index (χ1v) is 5.65. The maximum atomic E-state index is 13.3. The van der Waals surface area contributed by atoms with E-state index in [1.807, 2.05) is 0 Å². The van der Waals surface area contributed by atoms with Crippen molar-refractivity contribution in [1.82, 2.24) is 4.90 Å². The van der Waals surface area contributed by atoms with Gasteiger partial charge in [-0.05, 0) is 31.0 Å². The number of halogens is 2. The molecule has 86 valence electrons. The molecule has 0 spiro atoms. The van der Waals surface area contributed by atoms with Crippen LogP contribution in [0.1, 0.15) is 19.3 Å². The summed E-state index contributed by atoms with van der Waals surface area (Å²) in [6.45, 7) is 1.80. The first-order chi connectivity index (χ1) is 7.12. The molecule has 15 heavy (non-hydrogen) atoms. The highest BCUT2D eigenvalue weighted by Gasteiger charge is 2.48. The van der Waals surface area contributed by atoms with Crippen LogP contribution in [0, 0.1) is 0 Å². The Balaban J connectivity index is 1.90. The molecule has 0 saturated carbocycles. The molecule has 0 aromatic carbocycles. The Labute approximate surface area is 93.5 Å². The lowest BCUT2D eigenvalue weighted by atomic mass is 9.95. The summed E-state index contributed by atoms with van der Waals surface area (Å²) in [4.78, 5) is 12.7. The molecule has 2 aliphatic heterocycles. The molecule has 0 amide bonds. The van der Waals surface area contributed by atoms with Crippen molar-refractivity contribution in [2.24, 2.45) is 0 Å². The molecular formula is C10H15ClFNO2. The molecule has 0 unspecified atom stereocenters. The van der Waals surface area contributed by atoms with Gasteiger partial charge in [0.1, 0.15) is 12.8 Å². The van der Waals surface area contributed by atoms with Gasteiger partial charge in [0.25, 0.3) is 0 Å². The van der Waals surface area contributed by atoms with E-state index in [1.54, 1.807) is 0 Å². The predicted octanol–water partition coefficient (Wildman–Crippen LogP) is 1.34. The van der Waals surface area contributed by atoms with Gasteiger partial charge in [0, 0.05) is 18.5 Å². The molecule has 2 atom stereocenters. The van der Waals surface area contributed by atoms with Gasteiger partial charge in [-0.2, -0.15) is 0 Å². The van der Waals surface area contributed by atoms with Crippen molar-refractivity contribution in [1.29, 1.82) is 0 Å². The lowest BCUT2D eigenvalue weighted by Gasteiger charge is -2.30. The zero-order valence-corrected chi connectivity index (χ0v) is 9.30. The highest BCUT2D eigenvalue weighted by molar-refractivity contribution is 6.63. The van der Waals surface area contributed by atoms with Crippen molar-refractivity contribution in [3.8, 4) is 0 Å². The lowest BCUT2D eigenvalue weighted by molar-refractivity contribution is -0.117. The van der Waals surface area contributed by atoms with Crippen LogP contribution < -0.4 is 0 Å². The van der Waals surface area contributed by atoms with Gasteiger partial charge in [-0.1, -0.05) is 0 Å². The molecular weight excluding hydrogens is 221 g/mol. The quantitative estimate of drug-likeness (QED) is 0.689. The number of fused-ring (bicyclic) bond motifs is 1. The second-order valence-corrected chi connectivity index (χ2v) is 4.84. The molecule has 0 aliphatic carbocycles. The molecule has 2 saturated heterocycles. The highest BCUT2D eigenvalue weighted by atomic mass is 35.5. The van der Waals surface area contributed by atoms with Crippen LogP contribution in [-0.2, 0) is 9.53 Å². The van der Waals surface area contributed by atoms with Gasteiger partial charge in [0.15, 0.2) is 0 Å². The summed E-state index contributed by atoms with van der Waals surface area (Å²) in [5.74, 6) is 0. The van der Waals surface area contributed by atoms with Crippen LogP contribution in [0.2, 0.25) is 0 Å². The predicted molar refractivity (Wildman–Crippen MR) is 54.7 cm³/mol. The van der Waals surface area contributed by atoms with E-state index < -0.39 is 11.4 Å². The first kappa shape index (κ1) is 11.3. The van der Waals surface area contributed by atoms with E-state index in [1.165, 1.54) is 0 Å². The fourth-order valence-corrected chi connectivity index (χ4v) is 2.85. The highest BCUT2D eigenvalue weighted by Crippen LogP contribution is 2.40. The van der Waals surface area contributed by atoms with Gasteiger partial charge in [-0.25, -0.2) is 4.39 Å². The van der Waals surface area contributed by atoms with Gasteiger partial charge in [0.2, 0.25) is 5.24 Å². The normalized spacial score (nSPS) is 35.7. The Morgan fingerprint density at radius 1 is 1.67 bits per heavy atom. The summed E-state index contributed by atoms with van der Waals surface area (Å²) < 4.78 is 18.5. The second-order valence-electron chi connectivity index (χ2n) is 4.42. The van der Waals surface area contributed by atoms with Gasteiger partial charge in [-0.3, -0.25) is 9.69 Å². The van der Waals surface area contributed by atoms with E-state index in [4.69, 9.17) is 16.3 Å². The Morgan fingerprint density at radius 2 is 2.47 bits per heavy atom. The van der Waals surface area contributed by atoms with Crippen molar-refractivity contribution in [2.75, 3.05) is 26.3 Å². The van der Waals surface area contributed by atoms with E-state index in [2.05, 4.69) is 4.90 Å². The number of nitrogens with zero attached hydrogens (tertiary/aromatic N) is 1. The molecule has 2 heterocycles. The third kappa shape index (κ3) is 2.32. The summed E-state index contributed by atoms with van der Waals surface area (Å²) in [6.07, 6.45) is 1.83. The Hall–Kier alpha value is -0.190. The Morgan fingerprint density at radius 3 is 3.20 bits per heavy atom. The molecule has 0 aromatic heterocycles. The average molecular weight is 236 g/mol. The minimum atomic E-state index is -0.749. The summed E-state index contributed by atoms with van der Waals surface area (Å²) >= 11 is 5.18. The maximum Gasteiger partial charge on any atom is 0.247 e. The summed E-state index contributed by atoms with van der Waals surface area (Å²) in [6, 6.07) is 0. The molecule has 3 nitrogen and oxygen atoms in total. The van der Waals surface area contributed by atoms with E-state index in [-0.39, 0.29) is 12.1 Å². The van der Waals surface area contributed by atoms with Crippen molar-refractivity contribution >= 4 is 16.8 Å². The maximum absolute atomic E-state index is 13.3. The van der Waals surface area contributed by atoms with Crippen LogP contribution >= 0.6 is 11.6 Å². The fraction of sp³-hybridized carbons (Fsp3) is 0.900. The SMILES string of the molecule is O=C(Cl)COC[C@@]12CCCN1C[C@H](F)C2. The number of alkyl halides is 1. The largest absolute Gasteiger partial charge is 0.370 e. The van der Waals surface area contributed by atoms with Crippen LogP contribution in [0.3, 0.4) is 0 Å². The summed E-state index contributed by atoms with van der Waals surface area (Å²) in [5, 5.41) is -0.495. The lowest BCUT2D eigenvalue weighted by Crippen LogP contribution is -2.42. The number of hydrogen-bond donors (Lipinski definition) is 0. The molecule has 0 aromatic rings. The number of carbonyl (C=O) groups is 1. The zero-order valence-electron chi connectivity index (χ0n) is 8.55. The van der Waals surface area contributed by atoms with Crippen LogP contribution in [0.25, 0.3) is 0 Å². The molecule has 2 rings (SSSR count). The minimum absolute atomic E-state index is 0.0753. The third-order valence-corrected chi connectivity index (χ3v) is 3.46. The third-order valence-electron chi connectivity index (χ3n) is 3.35. The fourth-order valence-electron chi connectivity index (χ4n) is 2.77. The van der Waals surface area contributed by atoms with E-state index >= 15 is 0 Å². The minimum Gasteiger partial charge on any atom is -0.370 e. The summed E-state index contributed by atoms with van der Waals surface area (Å²) in [5.41, 5.74) is -0.161. The summed E-state index contributed by atoms with van der Waals surface area (Å²) in [7, 11) is 0. The van der Waals surface area contributed by atoms with Gasteiger partial charge in [-0.15, -0.1) is 0 Å². The molecule has 2 fully saturated rings. The smallest absolute Gasteiger partial charge is 0.247 e. The Bertz CT molecular complexity index is 264. The van der Waals surface area contributed by atoms with Crippen molar-refractivity contribution in [2.45, 2.75) is 31.0 Å².